The highest BCUT2D eigenvalue weighted by Crippen LogP contribution is 2.33. The molecule has 13 heavy (non-hydrogen) atoms. The summed E-state index contributed by atoms with van der Waals surface area (Å²) < 4.78 is 39.0. The lowest BCUT2D eigenvalue weighted by Gasteiger charge is -2.15. The number of anilines is 1. The molecule has 72 valence electrons. The largest absolute Gasteiger partial charge is 0.399 e. The second-order valence-corrected chi connectivity index (χ2v) is 2.80. The molecule has 1 aromatic carbocycles. The molecule has 1 rings (SSSR count). The first-order valence-corrected chi connectivity index (χ1v) is 3.90. The molecule has 0 fully saturated rings. The van der Waals surface area contributed by atoms with E-state index in [1.807, 2.05) is 0 Å². The molecule has 0 saturated carbocycles. The summed E-state index contributed by atoms with van der Waals surface area (Å²) in [5.74, 6) is -4.06. The van der Waals surface area contributed by atoms with E-state index in [1.54, 1.807) is 0 Å². The summed E-state index contributed by atoms with van der Waals surface area (Å²) in [6.07, 6.45) is -0.437. The molecule has 0 unspecified atom stereocenters. The third-order valence-corrected chi connectivity index (χ3v) is 1.83. The van der Waals surface area contributed by atoms with E-state index < -0.39 is 23.7 Å². The lowest BCUT2D eigenvalue weighted by Crippen LogP contribution is -2.14. The Hall–Kier alpha value is -1.19. The van der Waals surface area contributed by atoms with Crippen molar-refractivity contribution in [1.82, 2.24) is 0 Å². The molecule has 0 saturated heterocycles. The zero-order valence-corrected chi connectivity index (χ0v) is 7.15. The number of benzene rings is 1. The van der Waals surface area contributed by atoms with Crippen molar-refractivity contribution in [2.24, 2.45) is 0 Å². The predicted octanol–water partition coefficient (Wildman–Crippen LogP) is 2.91. The van der Waals surface area contributed by atoms with Gasteiger partial charge >= 0.3 is 0 Å². The maximum Gasteiger partial charge on any atom is 0.275 e. The van der Waals surface area contributed by atoms with E-state index >= 15 is 0 Å². The van der Waals surface area contributed by atoms with Crippen molar-refractivity contribution in [3.63, 3.8) is 0 Å². The summed E-state index contributed by atoms with van der Waals surface area (Å²) in [5, 5.41) is 0. The van der Waals surface area contributed by atoms with Gasteiger partial charge < -0.3 is 5.73 Å². The number of hydrogen-bond donors (Lipinski definition) is 1. The van der Waals surface area contributed by atoms with E-state index in [2.05, 4.69) is 0 Å². The average molecular weight is 189 g/mol. The molecule has 0 amide bonds. The number of nitrogen functional groups attached to an aromatic ring is 1. The Morgan fingerprint density at radius 2 is 2.00 bits per heavy atom. The van der Waals surface area contributed by atoms with Crippen LogP contribution in [0, 0.1) is 5.82 Å². The lowest BCUT2D eigenvalue weighted by molar-refractivity contribution is -0.0116. The van der Waals surface area contributed by atoms with Crippen LogP contribution in [0.2, 0.25) is 0 Å². The standard InChI is InChI=1S/C9H10F3N/c1-2-9(11,12)7-5-6(13)3-4-8(7)10/h3-5H,2,13H2,1H3. The second kappa shape index (κ2) is 3.28. The van der Waals surface area contributed by atoms with Crippen molar-refractivity contribution >= 4 is 5.69 Å². The third kappa shape index (κ3) is 1.94. The maximum atomic E-state index is 13.0. The molecule has 0 bridgehead atoms. The van der Waals surface area contributed by atoms with Crippen molar-refractivity contribution in [1.29, 1.82) is 0 Å². The molecule has 4 heteroatoms. The number of alkyl halides is 2. The van der Waals surface area contributed by atoms with Gasteiger partial charge in [0.15, 0.2) is 0 Å². The first-order valence-electron chi connectivity index (χ1n) is 3.90. The van der Waals surface area contributed by atoms with E-state index in [0.717, 1.165) is 12.1 Å². The normalized spacial score (nSPS) is 11.7. The van der Waals surface area contributed by atoms with Crippen LogP contribution in [0.25, 0.3) is 0 Å². The fourth-order valence-electron chi connectivity index (χ4n) is 1.01. The monoisotopic (exact) mass is 189 g/mol. The van der Waals surface area contributed by atoms with Crippen molar-refractivity contribution in [2.75, 3.05) is 5.73 Å². The molecule has 0 aliphatic rings. The highest BCUT2D eigenvalue weighted by molar-refractivity contribution is 5.42. The van der Waals surface area contributed by atoms with Crippen LogP contribution >= 0.6 is 0 Å². The Morgan fingerprint density at radius 3 is 2.54 bits per heavy atom. The van der Waals surface area contributed by atoms with Crippen LogP contribution in [-0.2, 0) is 5.92 Å². The minimum absolute atomic E-state index is 0.143. The maximum absolute atomic E-state index is 13.0. The molecule has 0 radical (unpaired) electrons. The SMILES string of the molecule is CCC(F)(F)c1cc(N)ccc1F. The van der Waals surface area contributed by atoms with Crippen LogP contribution in [0.5, 0.6) is 0 Å². The molecule has 2 N–H and O–H groups in total. The van der Waals surface area contributed by atoms with Crippen molar-refractivity contribution < 1.29 is 13.2 Å². The van der Waals surface area contributed by atoms with Crippen LogP contribution < -0.4 is 5.73 Å². The Labute approximate surface area is 74.4 Å². The molecule has 0 heterocycles. The van der Waals surface area contributed by atoms with Crippen LogP contribution in [0.4, 0.5) is 18.9 Å². The minimum Gasteiger partial charge on any atom is -0.399 e. The van der Waals surface area contributed by atoms with Crippen molar-refractivity contribution in [3.8, 4) is 0 Å². The van der Waals surface area contributed by atoms with Crippen molar-refractivity contribution in [3.05, 3.63) is 29.6 Å². The van der Waals surface area contributed by atoms with Gasteiger partial charge in [0.1, 0.15) is 5.82 Å². The van der Waals surface area contributed by atoms with Gasteiger partial charge in [-0.15, -0.1) is 0 Å². The summed E-state index contributed by atoms with van der Waals surface area (Å²) in [5.41, 5.74) is 4.79. The number of halogens is 3. The Bertz CT molecular complexity index is 310. The van der Waals surface area contributed by atoms with Gasteiger partial charge in [-0.3, -0.25) is 0 Å². The first-order chi connectivity index (χ1) is 5.97. The number of rotatable bonds is 2. The third-order valence-electron chi connectivity index (χ3n) is 1.83. The van der Waals surface area contributed by atoms with E-state index in [1.165, 1.54) is 13.0 Å². The van der Waals surface area contributed by atoms with E-state index in [4.69, 9.17) is 5.73 Å². The Morgan fingerprint density at radius 1 is 1.38 bits per heavy atom. The van der Waals surface area contributed by atoms with Gasteiger partial charge in [-0.25, -0.2) is 13.2 Å². The van der Waals surface area contributed by atoms with Crippen LogP contribution in [0.1, 0.15) is 18.9 Å². The molecule has 1 nitrogen and oxygen atoms in total. The van der Waals surface area contributed by atoms with E-state index in [-0.39, 0.29) is 5.69 Å². The quantitative estimate of drug-likeness (QED) is 0.711. The van der Waals surface area contributed by atoms with Crippen LogP contribution in [0.15, 0.2) is 18.2 Å². The van der Waals surface area contributed by atoms with Crippen LogP contribution in [-0.4, -0.2) is 0 Å². The number of nitrogens with two attached hydrogens (primary N) is 1. The topological polar surface area (TPSA) is 26.0 Å². The van der Waals surface area contributed by atoms with Gasteiger partial charge in [-0.2, -0.15) is 0 Å². The molecular formula is C9H10F3N. The summed E-state index contributed by atoms with van der Waals surface area (Å²) in [4.78, 5) is 0. The average Bonchev–Trinajstić information content (AvgIpc) is 2.09. The Balaban J connectivity index is 3.20. The summed E-state index contributed by atoms with van der Waals surface area (Å²) >= 11 is 0. The van der Waals surface area contributed by atoms with E-state index in [9.17, 15) is 13.2 Å². The molecular weight excluding hydrogens is 179 g/mol. The summed E-state index contributed by atoms with van der Waals surface area (Å²) in [7, 11) is 0. The van der Waals surface area contributed by atoms with Gasteiger partial charge in [0, 0.05) is 12.1 Å². The minimum atomic E-state index is -3.14. The van der Waals surface area contributed by atoms with Gasteiger partial charge in [-0.1, -0.05) is 6.92 Å². The molecule has 0 aliphatic heterocycles. The number of hydrogen-bond acceptors (Lipinski definition) is 1. The highest BCUT2D eigenvalue weighted by atomic mass is 19.3. The fourth-order valence-corrected chi connectivity index (χ4v) is 1.01. The van der Waals surface area contributed by atoms with Gasteiger partial charge in [-0.05, 0) is 18.2 Å². The van der Waals surface area contributed by atoms with Gasteiger partial charge in [0.05, 0.1) is 5.56 Å². The first kappa shape index (κ1) is 9.89. The lowest BCUT2D eigenvalue weighted by atomic mass is 10.1. The molecule has 0 aromatic heterocycles. The zero-order valence-electron chi connectivity index (χ0n) is 7.15. The van der Waals surface area contributed by atoms with Gasteiger partial charge in [0.25, 0.3) is 5.92 Å². The molecule has 1 aromatic rings. The fraction of sp³-hybridized carbons (Fsp3) is 0.333. The second-order valence-electron chi connectivity index (χ2n) is 2.80. The summed E-state index contributed by atoms with van der Waals surface area (Å²) in [6.45, 7) is 1.29. The smallest absolute Gasteiger partial charge is 0.275 e. The predicted molar refractivity (Wildman–Crippen MR) is 45.0 cm³/mol. The zero-order chi connectivity index (χ0) is 10.1. The van der Waals surface area contributed by atoms with E-state index in [0.29, 0.717) is 0 Å². The van der Waals surface area contributed by atoms with Gasteiger partial charge in [0.2, 0.25) is 0 Å². The summed E-state index contributed by atoms with van der Waals surface area (Å²) in [6, 6.07) is 3.18. The molecule has 0 spiro atoms. The van der Waals surface area contributed by atoms with Crippen LogP contribution in [0.3, 0.4) is 0 Å². The highest BCUT2D eigenvalue weighted by Gasteiger charge is 2.32. The Kier molecular flexibility index (Phi) is 2.50. The van der Waals surface area contributed by atoms with Crippen molar-refractivity contribution in [2.45, 2.75) is 19.3 Å². The molecule has 0 aliphatic carbocycles. The molecule has 0 atom stereocenters.